The van der Waals surface area contributed by atoms with Gasteiger partial charge in [-0.2, -0.15) is 0 Å². The quantitative estimate of drug-likeness (QED) is 0.533. The van der Waals surface area contributed by atoms with Crippen molar-refractivity contribution in [1.82, 2.24) is 0 Å². The van der Waals surface area contributed by atoms with Crippen molar-refractivity contribution in [1.29, 1.82) is 0 Å². The molecule has 1 aromatic rings. The standard InChI is InChI=1S/C10H11FO3/c1-13-4-5-14-10-6-9(11)3-2-8(10)7-12/h2-3,6-7H,4-5H2,1H3. The molecule has 0 N–H and O–H groups in total. The summed E-state index contributed by atoms with van der Waals surface area (Å²) >= 11 is 0. The smallest absolute Gasteiger partial charge is 0.153 e. The number of methoxy groups -OCH3 is 1. The van der Waals surface area contributed by atoms with E-state index in [9.17, 15) is 9.18 Å². The number of halogens is 1. The second-order valence-electron chi connectivity index (χ2n) is 2.64. The fraction of sp³-hybridized carbons (Fsp3) is 0.300. The Morgan fingerprint density at radius 1 is 1.43 bits per heavy atom. The lowest BCUT2D eigenvalue weighted by molar-refractivity contribution is 0.111. The summed E-state index contributed by atoms with van der Waals surface area (Å²) in [4.78, 5) is 10.5. The lowest BCUT2D eigenvalue weighted by Crippen LogP contribution is -2.06. The summed E-state index contributed by atoms with van der Waals surface area (Å²) in [6.45, 7) is 0.690. The summed E-state index contributed by atoms with van der Waals surface area (Å²) < 4.78 is 22.7. The molecule has 0 heterocycles. The zero-order valence-electron chi connectivity index (χ0n) is 7.83. The van der Waals surface area contributed by atoms with Gasteiger partial charge in [-0.25, -0.2) is 4.39 Å². The van der Waals surface area contributed by atoms with Crippen LogP contribution in [0.4, 0.5) is 4.39 Å². The highest BCUT2D eigenvalue weighted by atomic mass is 19.1. The summed E-state index contributed by atoms with van der Waals surface area (Å²) in [5.41, 5.74) is 0.336. The van der Waals surface area contributed by atoms with Crippen molar-refractivity contribution in [3.63, 3.8) is 0 Å². The van der Waals surface area contributed by atoms with Gasteiger partial charge in [0.2, 0.25) is 0 Å². The van der Waals surface area contributed by atoms with Crippen molar-refractivity contribution in [2.45, 2.75) is 0 Å². The molecule has 0 fully saturated rings. The van der Waals surface area contributed by atoms with Gasteiger partial charge in [-0.3, -0.25) is 4.79 Å². The number of benzene rings is 1. The molecule has 0 spiro atoms. The van der Waals surface area contributed by atoms with Gasteiger partial charge in [0.05, 0.1) is 12.2 Å². The minimum atomic E-state index is -0.428. The van der Waals surface area contributed by atoms with Gasteiger partial charge in [0.1, 0.15) is 18.2 Å². The van der Waals surface area contributed by atoms with Gasteiger partial charge in [-0.05, 0) is 12.1 Å². The van der Waals surface area contributed by atoms with Gasteiger partial charge < -0.3 is 9.47 Å². The maximum absolute atomic E-state index is 12.8. The first-order chi connectivity index (χ1) is 6.77. The molecule has 3 nitrogen and oxygen atoms in total. The molecule has 0 aliphatic rings. The Kier molecular flexibility index (Phi) is 4.07. The van der Waals surface area contributed by atoms with Crippen molar-refractivity contribution in [2.24, 2.45) is 0 Å². The molecule has 4 heteroatoms. The van der Waals surface area contributed by atoms with Crippen LogP contribution >= 0.6 is 0 Å². The molecular weight excluding hydrogens is 187 g/mol. The Hall–Kier alpha value is -1.42. The van der Waals surface area contributed by atoms with E-state index in [1.165, 1.54) is 25.3 Å². The minimum Gasteiger partial charge on any atom is -0.490 e. The first kappa shape index (κ1) is 10.7. The van der Waals surface area contributed by atoms with Crippen LogP contribution in [0.25, 0.3) is 0 Å². The van der Waals surface area contributed by atoms with Gasteiger partial charge >= 0.3 is 0 Å². The SMILES string of the molecule is COCCOc1cc(F)ccc1C=O. The normalized spacial score (nSPS) is 9.86. The van der Waals surface area contributed by atoms with E-state index >= 15 is 0 Å². The fourth-order valence-electron chi connectivity index (χ4n) is 0.966. The molecule has 0 bridgehead atoms. The Morgan fingerprint density at radius 2 is 2.21 bits per heavy atom. The van der Waals surface area contributed by atoms with E-state index in [-0.39, 0.29) is 5.75 Å². The second-order valence-corrected chi connectivity index (χ2v) is 2.64. The summed E-state index contributed by atoms with van der Waals surface area (Å²) in [5.74, 6) is -0.180. The van der Waals surface area contributed by atoms with Crippen LogP contribution in [-0.2, 0) is 4.74 Å². The van der Waals surface area contributed by atoms with Crippen LogP contribution in [0, 0.1) is 5.82 Å². The highest BCUT2D eigenvalue weighted by Gasteiger charge is 2.03. The average Bonchev–Trinajstić information content (AvgIpc) is 2.19. The summed E-state index contributed by atoms with van der Waals surface area (Å²) in [6, 6.07) is 3.77. The maximum atomic E-state index is 12.8. The molecule has 0 atom stereocenters. The second kappa shape index (κ2) is 5.34. The van der Waals surface area contributed by atoms with Crippen LogP contribution in [0.1, 0.15) is 10.4 Å². The van der Waals surface area contributed by atoms with E-state index in [2.05, 4.69) is 0 Å². The van der Waals surface area contributed by atoms with Gasteiger partial charge in [0, 0.05) is 13.2 Å². The molecule has 0 saturated heterocycles. The molecule has 0 aliphatic heterocycles. The van der Waals surface area contributed by atoms with Crippen LogP contribution < -0.4 is 4.74 Å². The number of hydrogen-bond acceptors (Lipinski definition) is 3. The van der Waals surface area contributed by atoms with Crippen LogP contribution in [-0.4, -0.2) is 26.6 Å². The first-order valence-corrected chi connectivity index (χ1v) is 4.14. The van der Waals surface area contributed by atoms with Crippen molar-refractivity contribution >= 4 is 6.29 Å². The number of rotatable bonds is 5. The summed E-state index contributed by atoms with van der Waals surface area (Å²) in [6.07, 6.45) is 0.627. The van der Waals surface area contributed by atoms with E-state index in [4.69, 9.17) is 9.47 Å². The van der Waals surface area contributed by atoms with Crippen molar-refractivity contribution < 1.29 is 18.7 Å². The lowest BCUT2D eigenvalue weighted by atomic mass is 10.2. The van der Waals surface area contributed by atoms with E-state index in [0.29, 0.717) is 25.1 Å². The molecule has 76 valence electrons. The molecule has 0 unspecified atom stereocenters. The third-order valence-electron chi connectivity index (χ3n) is 1.65. The molecule has 0 radical (unpaired) electrons. The number of aldehydes is 1. The molecule has 0 saturated carbocycles. The number of ether oxygens (including phenoxy) is 2. The largest absolute Gasteiger partial charge is 0.490 e. The monoisotopic (exact) mass is 198 g/mol. The molecule has 1 aromatic carbocycles. The molecule has 0 aromatic heterocycles. The molecular formula is C10H11FO3. The highest BCUT2D eigenvalue weighted by Crippen LogP contribution is 2.17. The van der Waals surface area contributed by atoms with Gasteiger partial charge in [-0.1, -0.05) is 0 Å². The van der Waals surface area contributed by atoms with Crippen molar-refractivity contribution in [3.05, 3.63) is 29.6 Å². The Balaban J connectivity index is 2.72. The number of hydrogen-bond donors (Lipinski definition) is 0. The lowest BCUT2D eigenvalue weighted by Gasteiger charge is -2.07. The predicted molar refractivity (Wildman–Crippen MR) is 49.2 cm³/mol. The van der Waals surface area contributed by atoms with E-state index in [0.717, 1.165) is 0 Å². The topological polar surface area (TPSA) is 35.5 Å². The molecule has 0 aliphatic carbocycles. The van der Waals surface area contributed by atoms with Gasteiger partial charge in [0.25, 0.3) is 0 Å². The van der Waals surface area contributed by atoms with Crippen molar-refractivity contribution in [3.8, 4) is 5.75 Å². The zero-order valence-corrected chi connectivity index (χ0v) is 7.83. The number of carbonyl (C=O) groups excluding carboxylic acids is 1. The van der Waals surface area contributed by atoms with Crippen molar-refractivity contribution in [2.75, 3.05) is 20.3 Å². The third-order valence-corrected chi connectivity index (χ3v) is 1.65. The van der Waals surface area contributed by atoms with Crippen LogP contribution in [0.5, 0.6) is 5.75 Å². The molecule has 1 rings (SSSR count). The van der Waals surface area contributed by atoms with Crippen LogP contribution in [0.15, 0.2) is 18.2 Å². The first-order valence-electron chi connectivity index (χ1n) is 4.14. The summed E-state index contributed by atoms with van der Waals surface area (Å²) in [7, 11) is 1.54. The average molecular weight is 198 g/mol. The maximum Gasteiger partial charge on any atom is 0.153 e. The fourth-order valence-corrected chi connectivity index (χ4v) is 0.966. The highest BCUT2D eigenvalue weighted by molar-refractivity contribution is 5.79. The number of carbonyl (C=O) groups is 1. The van der Waals surface area contributed by atoms with Crippen LogP contribution in [0.2, 0.25) is 0 Å². The Morgan fingerprint density at radius 3 is 2.86 bits per heavy atom. The van der Waals surface area contributed by atoms with Crippen LogP contribution in [0.3, 0.4) is 0 Å². The van der Waals surface area contributed by atoms with E-state index < -0.39 is 5.82 Å². The third kappa shape index (κ3) is 2.81. The Bertz CT molecular complexity index is 312. The van der Waals surface area contributed by atoms with E-state index in [1.807, 2.05) is 0 Å². The van der Waals surface area contributed by atoms with Gasteiger partial charge in [0.15, 0.2) is 6.29 Å². The predicted octanol–water partition coefficient (Wildman–Crippen LogP) is 1.66. The minimum absolute atomic E-state index is 0.247. The molecule has 0 amide bonds. The van der Waals surface area contributed by atoms with Gasteiger partial charge in [-0.15, -0.1) is 0 Å². The zero-order chi connectivity index (χ0) is 10.4. The molecule has 14 heavy (non-hydrogen) atoms. The summed E-state index contributed by atoms with van der Waals surface area (Å²) in [5, 5.41) is 0. The Labute approximate surface area is 81.4 Å². The van der Waals surface area contributed by atoms with E-state index in [1.54, 1.807) is 0 Å².